The molecule has 72 valence electrons. The lowest BCUT2D eigenvalue weighted by Gasteiger charge is -1.99. The SMILES string of the molecule is CCc1nc(CC)n(CCC=O)n1. The van der Waals surface area contributed by atoms with Gasteiger partial charge in [0.25, 0.3) is 0 Å². The summed E-state index contributed by atoms with van der Waals surface area (Å²) in [7, 11) is 0. The van der Waals surface area contributed by atoms with Crippen LogP contribution in [0.5, 0.6) is 0 Å². The second-order valence-corrected chi connectivity index (χ2v) is 2.83. The quantitative estimate of drug-likeness (QED) is 0.636. The van der Waals surface area contributed by atoms with Crippen LogP contribution in [0.15, 0.2) is 0 Å². The molecule has 0 unspecified atom stereocenters. The molecule has 0 spiro atoms. The Bertz CT molecular complexity index is 280. The van der Waals surface area contributed by atoms with Crippen LogP contribution in [0.1, 0.15) is 31.9 Å². The molecule has 13 heavy (non-hydrogen) atoms. The summed E-state index contributed by atoms with van der Waals surface area (Å²) in [4.78, 5) is 14.5. The van der Waals surface area contributed by atoms with Crippen LogP contribution in [0.4, 0.5) is 0 Å². The summed E-state index contributed by atoms with van der Waals surface area (Å²) in [5.74, 6) is 1.83. The highest BCUT2D eigenvalue weighted by Gasteiger charge is 2.05. The molecule has 1 rings (SSSR count). The Hall–Kier alpha value is -1.19. The van der Waals surface area contributed by atoms with E-state index in [0.717, 1.165) is 30.8 Å². The van der Waals surface area contributed by atoms with Crippen LogP contribution in [0.25, 0.3) is 0 Å². The molecule has 4 nitrogen and oxygen atoms in total. The first-order chi connectivity index (χ1) is 6.31. The molecule has 0 bridgehead atoms. The standard InChI is InChI=1S/C9H15N3O/c1-3-8-10-9(4-2)12(11-8)6-5-7-13/h7H,3-6H2,1-2H3. The van der Waals surface area contributed by atoms with E-state index < -0.39 is 0 Å². The van der Waals surface area contributed by atoms with E-state index in [4.69, 9.17) is 0 Å². The van der Waals surface area contributed by atoms with Crippen LogP contribution in [0.3, 0.4) is 0 Å². The van der Waals surface area contributed by atoms with Gasteiger partial charge in [-0.2, -0.15) is 5.10 Å². The minimum Gasteiger partial charge on any atom is -0.303 e. The minimum absolute atomic E-state index is 0.513. The average Bonchev–Trinajstić information content (AvgIpc) is 2.57. The predicted molar refractivity (Wildman–Crippen MR) is 49.5 cm³/mol. The number of hydrogen-bond acceptors (Lipinski definition) is 3. The zero-order valence-electron chi connectivity index (χ0n) is 8.16. The number of aryl methyl sites for hydroxylation is 3. The molecule has 0 fully saturated rings. The van der Waals surface area contributed by atoms with Crippen molar-refractivity contribution in [3.8, 4) is 0 Å². The summed E-state index contributed by atoms with van der Waals surface area (Å²) < 4.78 is 1.83. The Labute approximate surface area is 78.0 Å². The van der Waals surface area contributed by atoms with Crippen molar-refractivity contribution in [2.24, 2.45) is 0 Å². The van der Waals surface area contributed by atoms with Gasteiger partial charge in [0.1, 0.15) is 12.1 Å². The third kappa shape index (κ3) is 2.37. The third-order valence-electron chi connectivity index (χ3n) is 1.88. The molecule has 1 aromatic rings. The number of aldehydes is 1. The fraction of sp³-hybridized carbons (Fsp3) is 0.667. The van der Waals surface area contributed by atoms with Gasteiger partial charge in [-0.05, 0) is 0 Å². The highest BCUT2D eigenvalue weighted by Crippen LogP contribution is 2.01. The molecule has 0 radical (unpaired) electrons. The summed E-state index contributed by atoms with van der Waals surface area (Å²) in [5, 5.41) is 4.28. The lowest BCUT2D eigenvalue weighted by Crippen LogP contribution is -2.05. The number of aromatic nitrogens is 3. The number of rotatable bonds is 5. The van der Waals surface area contributed by atoms with Crippen molar-refractivity contribution in [2.75, 3.05) is 0 Å². The Morgan fingerprint density at radius 3 is 2.69 bits per heavy atom. The van der Waals surface area contributed by atoms with Crippen molar-refractivity contribution in [2.45, 2.75) is 39.7 Å². The molecule has 4 heteroatoms. The van der Waals surface area contributed by atoms with E-state index in [0.29, 0.717) is 13.0 Å². The molecule has 0 N–H and O–H groups in total. The van der Waals surface area contributed by atoms with Gasteiger partial charge in [0.05, 0.1) is 0 Å². The highest BCUT2D eigenvalue weighted by atomic mass is 16.1. The molecule has 0 aliphatic heterocycles. The Balaban J connectivity index is 2.77. The molecular weight excluding hydrogens is 166 g/mol. The first-order valence-corrected chi connectivity index (χ1v) is 4.68. The molecule has 0 amide bonds. The highest BCUT2D eigenvalue weighted by molar-refractivity contribution is 5.48. The topological polar surface area (TPSA) is 47.8 Å². The van der Waals surface area contributed by atoms with Crippen LogP contribution < -0.4 is 0 Å². The van der Waals surface area contributed by atoms with Gasteiger partial charge in [0.2, 0.25) is 0 Å². The first-order valence-electron chi connectivity index (χ1n) is 4.68. The Morgan fingerprint density at radius 1 is 1.38 bits per heavy atom. The van der Waals surface area contributed by atoms with Gasteiger partial charge in [-0.25, -0.2) is 9.67 Å². The van der Waals surface area contributed by atoms with Gasteiger partial charge in [0.15, 0.2) is 5.82 Å². The maximum Gasteiger partial charge on any atom is 0.150 e. The van der Waals surface area contributed by atoms with E-state index >= 15 is 0 Å². The number of carbonyl (C=O) groups is 1. The summed E-state index contributed by atoms with van der Waals surface area (Å²) in [6, 6.07) is 0. The zero-order chi connectivity index (χ0) is 9.68. The Morgan fingerprint density at radius 2 is 2.15 bits per heavy atom. The van der Waals surface area contributed by atoms with E-state index in [-0.39, 0.29) is 0 Å². The van der Waals surface area contributed by atoms with E-state index in [1.807, 2.05) is 18.5 Å². The molecule has 0 aliphatic rings. The lowest BCUT2D eigenvalue weighted by molar-refractivity contribution is -0.108. The zero-order valence-corrected chi connectivity index (χ0v) is 8.16. The van der Waals surface area contributed by atoms with E-state index in [2.05, 4.69) is 10.1 Å². The maximum atomic E-state index is 10.2. The minimum atomic E-state index is 0.513. The van der Waals surface area contributed by atoms with E-state index in [1.165, 1.54) is 0 Å². The van der Waals surface area contributed by atoms with Crippen LogP contribution in [-0.4, -0.2) is 21.1 Å². The van der Waals surface area contributed by atoms with Crippen molar-refractivity contribution >= 4 is 6.29 Å². The second kappa shape index (κ2) is 4.74. The van der Waals surface area contributed by atoms with Gasteiger partial charge < -0.3 is 4.79 Å². The number of hydrogen-bond donors (Lipinski definition) is 0. The molecular formula is C9H15N3O. The van der Waals surface area contributed by atoms with Gasteiger partial charge in [-0.1, -0.05) is 13.8 Å². The summed E-state index contributed by atoms with van der Waals surface area (Å²) in [6.07, 6.45) is 3.14. The molecule has 0 saturated heterocycles. The summed E-state index contributed by atoms with van der Waals surface area (Å²) in [5.41, 5.74) is 0. The van der Waals surface area contributed by atoms with Gasteiger partial charge in [0, 0.05) is 25.8 Å². The van der Waals surface area contributed by atoms with Gasteiger partial charge in [-0.3, -0.25) is 0 Å². The molecule has 0 aliphatic carbocycles. The van der Waals surface area contributed by atoms with E-state index in [9.17, 15) is 4.79 Å². The fourth-order valence-electron chi connectivity index (χ4n) is 1.19. The number of carbonyl (C=O) groups excluding carboxylic acids is 1. The van der Waals surface area contributed by atoms with E-state index in [1.54, 1.807) is 0 Å². The van der Waals surface area contributed by atoms with Crippen molar-refractivity contribution in [1.29, 1.82) is 0 Å². The van der Waals surface area contributed by atoms with Gasteiger partial charge in [-0.15, -0.1) is 0 Å². The van der Waals surface area contributed by atoms with Crippen molar-refractivity contribution in [3.05, 3.63) is 11.6 Å². The van der Waals surface area contributed by atoms with Crippen LogP contribution >= 0.6 is 0 Å². The Kier molecular flexibility index (Phi) is 3.61. The third-order valence-corrected chi connectivity index (χ3v) is 1.88. The number of nitrogens with zero attached hydrogens (tertiary/aromatic N) is 3. The molecule has 0 atom stereocenters. The molecule has 0 aromatic carbocycles. The van der Waals surface area contributed by atoms with Crippen molar-refractivity contribution in [3.63, 3.8) is 0 Å². The second-order valence-electron chi connectivity index (χ2n) is 2.83. The van der Waals surface area contributed by atoms with Crippen LogP contribution in [0, 0.1) is 0 Å². The largest absolute Gasteiger partial charge is 0.303 e. The molecule has 1 aromatic heterocycles. The van der Waals surface area contributed by atoms with Crippen molar-refractivity contribution in [1.82, 2.24) is 14.8 Å². The lowest BCUT2D eigenvalue weighted by atomic mass is 10.4. The monoisotopic (exact) mass is 181 g/mol. The summed E-state index contributed by atoms with van der Waals surface area (Å²) in [6.45, 7) is 4.72. The smallest absolute Gasteiger partial charge is 0.150 e. The van der Waals surface area contributed by atoms with Crippen LogP contribution in [-0.2, 0) is 24.2 Å². The maximum absolute atomic E-state index is 10.2. The first kappa shape index (κ1) is 9.89. The average molecular weight is 181 g/mol. The molecule has 0 saturated carbocycles. The summed E-state index contributed by atoms with van der Waals surface area (Å²) >= 11 is 0. The van der Waals surface area contributed by atoms with Gasteiger partial charge >= 0.3 is 0 Å². The fourth-order valence-corrected chi connectivity index (χ4v) is 1.19. The van der Waals surface area contributed by atoms with Crippen LogP contribution in [0.2, 0.25) is 0 Å². The predicted octanol–water partition coefficient (Wildman–Crippen LogP) is 0.992. The molecule has 1 heterocycles. The normalized spacial score (nSPS) is 10.3. The van der Waals surface area contributed by atoms with Crippen molar-refractivity contribution < 1.29 is 4.79 Å².